The molecular formula is C10H13ClN2O2S. The predicted molar refractivity (Wildman–Crippen MR) is 63.0 cm³/mol. The van der Waals surface area contributed by atoms with Crippen molar-refractivity contribution in [3.63, 3.8) is 0 Å². The van der Waals surface area contributed by atoms with Gasteiger partial charge in [-0.05, 0) is 18.8 Å². The van der Waals surface area contributed by atoms with Crippen LogP contribution in [0, 0.1) is 5.92 Å². The molecule has 1 amide bonds. The molecule has 0 bridgehead atoms. The summed E-state index contributed by atoms with van der Waals surface area (Å²) in [6.45, 7) is 2.22. The third-order valence-electron chi connectivity index (χ3n) is 2.51. The SMILES string of the molecule is O=C(NC[C@@H]1CCCOC1)c1csc(Cl)n1. The summed E-state index contributed by atoms with van der Waals surface area (Å²) in [7, 11) is 0. The Morgan fingerprint density at radius 3 is 3.25 bits per heavy atom. The lowest BCUT2D eigenvalue weighted by Gasteiger charge is -2.21. The van der Waals surface area contributed by atoms with Gasteiger partial charge < -0.3 is 10.1 Å². The molecule has 4 nitrogen and oxygen atoms in total. The van der Waals surface area contributed by atoms with E-state index in [-0.39, 0.29) is 5.91 Å². The molecule has 0 radical (unpaired) electrons. The fourth-order valence-corrected chi connectivity index (χ4v) is 2.40. The molecular weight excluding hydrogens is 248 g/mol. The van der Waals surface area contributed by atoms with Crippen LogP contribution >= 0.6 is 22.9 Å². The standard InChI is InChI=1S/C10H13ClN2O2S/c11-10-13-8(6-16-10)9(14)12-4-7-2-1-3-15-5-7/h6-7H,1-5H2,(H,12,14)/t7-/m0/s1. The third kappa shape index (κ3) is 3.17. The zero-order valence-corrected chi connectivity index (χ0v) is 10.3. The van der Waals surface area contributed by atoms with Crippen LogP contribution in [0.5, 0.6) is 0 Å². The van der Waals surface area contributed by atoms with E-state index in [2.05, 4.69) is 10.3 Å². The second-order valence-electron chi connectivity index (χ2n) is 3.78. The van der Waals surface area contributed by atoms with Crippen molar-refractivity contribution in [1.29, 1.82) is 0 Å². The zero-order valence-electron chi connectivity index (χ0n) is 8.74. The summed E-state index contributed by atoms with van der Waals surface area (Å²) in [5.41, 5.74) is 0.395. The number of hydrogen-bond donors (Lipinski definition) is 1. The average Bonchev–Trinajstić information content (AvgIpc) is 2.74. The van der Waals surface area contributed by atoms with Crippen molar-refractivity contribution in [1.82, 2.24) is 10.3 Å². The van der Waals surface area contributed by atoms with Crippen LogP contribution < -0.4 is 5.32 Å². The first-order valence-corrected chi connectivity index (χ1v) is 6.48. The minimum atomic E-state index is -0.159. The maximum Gasteiger partial charge on any atom is 0.270 e. The minimum absolute atomic E-state index is 0.159. The maximum atomic E-state index is 11.6. The lowest BCUT2D eigenvalue weighted by Crippen LogP contribution is -2.33. The molecule has 1 aromatic heterocycles. The first-order chi connectivity index (χ1) is 7.75. The van der Waals surface area contributed by atoms with Crippen LogP contribution in [-0.2, 0) is 4.74 Å². The molecule has 16 heavy (non-hydrogen) atoms. The van der Waals surface area contributed by atoms with E-state index in [0.717, 1.165) is 26.1 Å². The third-order valence-corrected chi connectivity index (χ3v) is 3.49. The van der Waals surface area contributed by atoms with Gasteiger partial charge in [-0.15, -0.1) is 11.3 Å². The first-order valence-electron chi connectivity index (χ1n) is 5.22. The number of rotatable bonds is 3. The number of nitrogens with zero attached hydrogens (tertiary/aromatic N) is 1. The summed E-state index contributed by atoms with van der Waals surface area (Å²) in [4.78, 5) is 15.5. The van der Waals surface area contributed by atoms with E-state index >= 15 is 0 Å². The van der Waals surface area contributed by atoms with Crippen molar-refractivity contribution in [2.45, 2.75) is 12.8 Å². The summed E-state index contributed by atoms with van der Waals surface area (Å²) in [5.74, 6) is 0.264. The van der Waals surface area contributed by atoms with Crippen molar-refractivity contribution in [3.8, 4) is 0 Å². The van der Waals surface area contributed by atoms with Gasteiger partial charge in [0.25, 0.3) is 5.91 Å². The number of aromatic nitrogens is 1. The van der Waals surface area contributed by atoms with Crippen molar-refractivity contribution in [3.05, 3.63) is 15.5 Å². The molecule has 6 heteroatoms. The Hall–Kier alpha value is -0.650. The van der Waals surface area contributed by atoms with E-state index in [1.54, 1.807) is 5.38 Å². The zero-order chi connectivity index (χ0) is 11.4. The largest absolute Gasteiger partial charge is 0.381 e. The molecule has 0 saturated carbocycles. The quantitative estimate of drug-likeness (QED) is 0.904. The highest BCUT2D eigenvalue weighted by Crippen LogP contribution is 2.15. The van der Waals surface area contributed by atoms with E-state index in [9.17, 15) is 4.79 Å². The summed E-state index contributed by atoms with van der Waals surface area (Å²) in [5, 5.41) is 4.51. The molecule has 0 unspecified atom stereocenters. The average molecular weight is 261 g/mol. The molecule has 1 aliphatic rings. The predicted octanol–water partition coefficient (Wildman–Crippen LogP) is 1.95. The lowest BCUT2D eigenvalue weighted by molar-refractivity contribution is 0.0536. The fraction of sp³-hybridized carbons (Fsp3) is 0.600. The highest BCUT2D eigenvalue weighted by atomic mass is 35.5. The summed E-state index contributed by atoms with van der Waals surface area (Å²) in [6, 6.07) is 0. The molecule has 2 heterocycles. The molecule has 1 saturated heterocycles. The highest BCUT2D eigenvalue weighted by Gasteiger charge is 2.16. The molecule has 1 atom stereocenters. The number of amides is 1. The second-order valence-corrected chi connectivity index (χ2v) is 5.22. The monoisotopic (exact) mass is 260 g/mol. The molecule has 0 aliphatic carbocycles. The van der Waals surface area contributed by atoms with Crippen LogP contribution in [0.3, 0.4) is 0 Å². The molecule has 1 N–H and O–H groups in total. The van der Waals surface area contributed by atoms with Crippen LogP contribution in [0.2, 0.25) is 4.47 Å². The Kier molecular flexibility index (Phi) is 4.15. The number of thiazole rings is 1. The van der Waals surface area contributed by atoms with Gasteiger partial charge in [0.15, 0.2) is 4.47 Å². The van der Waals surface area contributed by atoms with Crippen molar-refractivity contribution < 1.29 is 9.53 Å². The minimum Gasteiger partial charge on any atom is -0.381 e. The number of carbonyl (C=O) groups excluding carboxylic acids is 1. The van der Waals surface area contributed by atoms with Gasteiger partial charge in [-0.1, -0.05) is 11.6 Å². The van der Waals surface area contributed by atoms with Gasteiger partial charge in [0.05, 0.1) is 6.61 Å². The van der Waals surface area contributed by atoms with Crippen LogP contribution in [0.25, 0.3) is 0 Å². The number of nitrogens with one attached hydrogen (secondary N) is 1. The second kappa shape index (κ2) is 5.61. The van der Waals surface area contributed by atoms with E-state index in [0.29, 0.717) is 22.6 Å². The van der Waals surface area contributed by atoms with Crippen molar-refractivity contribution in [2.75, 3.05) is 19.8 Å². The summed E-state index contributed by atoms with van der Waals surface area (Å²) in [6.07, 6.45) is 2.18. The maximum absolute atomic E-state index is 11.6. The summed E-state index contributed by atoms with van der Waals surface area (Å²) < 4.78 is 5.73. The van der Waals surface area contributed by atoms with Gasteiger partial charge >= 0.3 is 0 Å². The van der Waals surface area contributed by atoms with Crippen LogP contribution in [0.1, 0.15) is 23.3 Å². The smallest absolute Gasteiger partial charge is 0.270 e. The van der Waals surface area contributed by atoms with E-state index < -0.39 is 0 Å². The fourth-order valence-electron chi connectivity index (χ4n) is 1.65. The molecule has 0 spiro atoms. The van der Waals surface area contributed by atoms with Crippen LogP contribution in [0.4, 0.5) is 0 Å². The Balaban J connectivity index is 1.79. The Labute approximate surface area is 103 Å². The number of hydrogen-bond acceptors (Lipinski definition) is 4. The van der Waals surface area contributed by atoms with E-state index in [1.807, 2.05) is 0 Å². The molecule has 1 aromatic rings. The van der Waals surface area contributed by atoms with Gasteiger partial charge in [0.2, 0.25) is 0 Å². The van der Waals surface area contributed by atoms with Gasteiger partial charge in [0.1, 0.15) is 5.69 Å². The van der Waals surface area contributed by atoms with Gasteiger partial charge in [-0.2, -0.15) is 0 Å². The Morgan fingerprint density at radius 2 is 2.62 bits per heavy atom. The highest BCUT2D eigenvalue weighted by molar-refractivity contribution is 7.14. The molecule has 88 valence electrons. The van der Waals surface area contributed by atoms with Crippen molar-refractivity contribution in [2.24, 2.45) is 5.92 Å². The molecule has 1 aliphatic heterocycles. The number of ether oxygens (including phenoxy) is 1. The number of carbonyl (C=O) groups is 1. The topological polar surface area (TPSA) is 51.2 Å². The van der Waals surface area contributed by atoms with Gasteiger partial charge in [-0.3, -0.25) is 4.79 Å². The lowest BCUT2D eigenvalue weighted by atomic mass is 10.0. The van der Waals surface area contributed by atoms with Gasteiger partial charge in [-0.25, -0.2) is 4.98 Å². The normalized spacial score (nSPS) is 20.7. The Morgan fingerprint density at radius 1 is 1.75 bits per heavy atom. The first kappa shape index (κ1) is 11.8. The van der Waals surface area contributed by atoms with Gasteiger partial charge in [0, 0.05) is 18.5 Å². The van der Waals surface area contributed by atoms with E-state index in [1.165, 1.54) is 11.3 Å². The molecule has 1 fully saturated rings. The van der Waals surface area contributed by atoms with Crippen LogP contribution in [0.15, 0.2) is 5.38 Å². The molecule has 2 rings (SSSR count). The number of halogens is 1. The Bertz CT molecular complexity index is 363. The molecule has 0 aromatic carbocycles. The van der Waals surface area contributed by atoms with Crippen LogP contribution in [-0.4, -0.2) is 30.6 Å². The summed E-state index contributed by atoms with van der Waals surface area (Å²) >= 11 is 6.92. The van der Waals surface area contributed by atoms with E-state index in [4.69, 9.17) is 16.3 Å². The van der Waals surface area contributed by atoms with Crippen molar-refractivity contribution >= 4 is 28.8 Å².